The van der Waals surface area contributed by atoms with Gasteiger partial charge in [-0.15, -0.1) is 0 Å². The maximum atomic E-state index is 11.8. The number of nitrogens with zero attached hydrogens (tertiary/aromatic N) is 1. The van der Waals surface area contributed by atoms with Gasteiger partial charge in [0.15, 0.2) is 0 Å². The minimum Gasteiger partial charge on any atom is -0.376 e. The van der Waals surface area contributed by atoms with Gasteiger partial charge in [-0.1, -0.05) is 0 Å². The Morgan fingerprint density at radius 1 is 1.37 bits per heavy atom. The van der Waals surface area contributed by atoms with Crippen LogP contribution in [0.25, 0.3) is 0 Å². The summed E-state index contributed by atoms with van der Waals surface area (Å²) >= 11 is 0. The maximum absolute atomic E-state index is 11.8. The van der Waals surface area contributed by atoms with Crippen molar-refractivity contribution in [2.24, 2.45) is 11.8 Å². The normalized spacial score (nSPS) is 34.6. The molecule has 3 fully saturated rings. The van der Waals surface area contributed by atoms with Crippen LogP contribution in [0, 0.1) is 11.8 Å². The Labute approximate surface area is 113 Å². The number of hydrogen-bond acceptors (Lipinski definition) is 4. The number of amides is 1. The van der Waals surface area contributed by atoms with Gasteiger partial charge in [-0.05, 0) is 12.8 Å². The van der Waals surface area contributed by atoms with Crippen LogP contribution < -0.4 is 4.72 Å². The molecule has 2 aliphatic heterocycles. The molecule has 3 aliphatic rings. The highest BCUT2D eigenvalue weighted by Crippen LogP contribution is 2.34. The minimum absolute atomic E-state index is 0.0651. The summed E-state index contributed by atoms with van der Waals surface area (Å²) in [6.07, 6.45) is 1.64. The Morgan fingerprint density at radius 3 is 2.74 bits per heavy atom. The number of rotatable bonds is 4. The number of sulfonamides is 1. The molecule has 3 atom stereocenters. The first kappa shape index (κ1) is 13.3. The van der Waals surface area contributed by atoms with Crippen LogP contribution >= 0.6 is 0 Å². The van der Waals surface area contributed by atoms with Crippen molar-refractivity contribution in [2.75, 3.05) is 26.2 Å². The van der Waals surface area contributed by atoms with Crippen molar-refractivity contribution in [1.29, 1.82) is 0 Å². The van der Waals surface area contributed by atoms with Gasteiger partial charge in [0, 0.05) is 38.4 Å². The van der Waals surface area contributed by atoms with Gasteiger partial charge in [0.05, 0.1) is 18.0 Å². The molecule has 0 radical (unpaired) electrons. The summed E-state index contributed by atoms with van der Waals surface area (Å²) in [6.45, 7) is 3.92. The zero-order valence-corrected chi connectivity index (χ0v) is 11.9. The van der Waals surface area contributed by atoms with Gasteiger partial charge in [0.2, 0.25) is 15.9 Å². The summed E-state index contributed by atoms with van der Waals surface area (Å²) in [4.78, 5) is 13.1. The van der Waals surface area contributed by atoms with E-state index >= 15 is 0 Å². The van der Waals surface area contributed by atoms with E-state index in [1.165, 1.54) is 0 Å². The van der Waals surface area contributed by atoms with Gasteiger partial charge in [0.25, 0.3) is 0 Å². The summed E-state index contributed by atoms with van der Waals surface area (Å²) < 4.78 is 32.0. The largest absolute Gasteiger partial charge is 0.376 e. The number of carbonyl (C=O) groups is 1. The molecule has 2 heterocycles. The zero-order chi connectivity index (χ0) is 13.6. The summed E-state index contributed by atoms with van der Waals surface area (Å²) in [5, 5.41) is -0.178. The highest BCUT2D eigenvalue weighted by molar-refractivity contribution is 7.90. The van der Waals surface area contributed by atoms with Crippen LogP contribution in [-0.2, 0) is 19.6 Å². The fourth-order valence-electron chi connectivity index (χ4n) is 2.99. The average molecular weight is 288 g/mol. The molecule has 7 heteroatoms. The molecule has 0 aromatic carbocycles. The van der Waals surface area contributed by atoms with E-state index in [4.69, 9.17) is 4.74 Å². The Kier molecular flexibility index (Phi) is 3.31. The van der Waals surface area contributed by atoms with Crippen LogP contribution in [-0.4, -0.2) is 56.8 Å². The highest BCUT2D eigenvalue weighted by Gasteiger charge is 2.45. The van der Waals surface area contributed by atoms with Crippen LogP contribution in [0.15, 0.2) is 0 Å². The first-order valence-electron chi connectivity index (χ1n) is 6.83. The molecule has 3 rings (SSSR count). The molecule has 0 spiro atoms. The fourth-order valence-corrected chi connectivity index (χ4v) is 4.42. The van der Waals surface area contributed by atoms with Crippen molar-refractivity contribution in [3.63, 3.8) is 0 Å². The molecule has 0 aromatic heterocycles. The minimum atomic E-state index is -3.12. The quantitative estimate of drug-likeness (QED) is 0.761. The summed E-state index contributed by atoms with van der Waals surface area (Å²) in [5.74, 6) is 0.518. The molecule has 2 saturated heterocycles. The van der Waals surface area contributed by atoms with Gasteiger partial charge in [-0.3, -0.25) is 4.79 Å². The molecule has 0 unspecified atom stereocenters. The van der Waals surface area contributed by atoms with Crippen molar-refractivity contribution < 1.29 is 17.9 Å². The number of fused-ring (bicyclic) bond motifs is 1. The second-order valence-electron chi connectivity index (χ2n) is 5.81. The Morgan fingerprint density at radius 2 is 2.11 bits per heavy atom. The molecular formula is C12H20N2O4S. The van der Waals surface area contributed by atoms with E-state index in [1.54, 1.807) is 11.8 Å². The zero-order valence-electron chi connectivity index (χ0n) is 11.0. The SMILES string of the molecule is CC(=O)N1C[C@@H]2[C@@H](CNS(=O)(=O)C3CC3)CO[C@@H]2C1. The monoisotopic (exact) mass is 288 g/mol. The van der Waals surface area contributed by atoms with E-state index in [9.17, 15) is 13.2 Å². The lowest BCUT2D eigenvalue weighted by atomic mass is 9.93. The third kappa shape index (κ3) is 2.64. The first-order chi connectivity index (χ1) is 8.97. The smallest absolute Gasteiger partial charge is 0.219 e. The molecule has 1 saturated carbocycles. The van der Waals surface area contributed by atoms with Crippen molar-refractivity contribution >= 4 is 15.9 Å². The first-order valence-corrected chi connectivity index (χ1v) is 8.37. The standard InChI is InChI=1S/C12H20N2O4S/c1-8(15)14-5-11-9(7-18-12(11)6-14)4-13-19(16,17)10-2-3-10/h9-13H,2-7H2,1H3/t9-,11+,12+/m0/s1. The lowest BCUT2D eigenvalue weighted by Crippen LogP contribution is -2.36. The highest BCUT2D eigenvalue weighted by atomic mass is 32.2. The average Bonchev–Trinajstić information content (AvgIpc) is 3.00. The number of likely N-dealkylation sites (tertiary alicyclic amines) is 1. The number of ether oxygens (including phenoxy) is 1. The van der Waals surface area contributed by atoms with Crippen molar-refractivity contribution in [3.05, 3.63) is 0 Å². The molecule has 108 valence electrons. The summed E-state index contributed by atoms with van der Waals surface area (Å²) in [7, 11) is -3.12. The Hall–Kier alpha value is -0.660. The molecule has 1 aliphatic carbocycles. The lowest BCUT2D eigenvalue weighted by molar-refractivity contribution is -0.128. The molecule has 1 N–H and O–H groups in total. The fraction of sp³-hybridized carbons (Fsp3) is 0.917. The number of carbonyl (C=O) groups excluding carboxylic acids is 1. The lowest BCUT2D eigenvalue weighted by Gasteiger charge is -2.18. The number of hydrogen-bond donors (Lipinski definition) is 1. The van der Waals surface area contributed by atoms with Crippen LogP contribution in [0.4, 0.5) is 0 Å². The maximum Gasteiger partial charge on any atom is 0.219 e. The topological polar surface area (TPSA) is 75.7 Å². The molecule has 0 aromatic rings. The van der Waals surface area contributed by atoms with E-state index < -0.39 is 10.0 Å². The van der Waals surface area contributed by atoms with Gasteiger partial charge in [0.1, 0.15) is 0 Å². The molecule has 1 amide bonds. The summed E-state index contributed by atoms with van der Waals surface area (Å²) in [6, 6.07) is 0. The van der Waals surface area contributed by atoms with Crippen molar-refractivity contribution in [2.45, 2.75) is 31.1 Å². The third-order valence-electron chi connectivity index (χ3n) is 4.39. The van der Waals surface area contributed by atoms with Crippen molar-refractivity contribution in [3.8, 4) is 0 Å². The predicted octanol–water partition coefficient (Wildman–Crippen LogP) is -0.438. The molecule has 6 nitrogen and oxygen atoms in total. The van der Waals surface area contributed by atoms with E-state index in [0.29, 0.717) is 26.2 Å². The van der Waals surface area contributed by atoms with Crippen molar-refractivity contribution in [1.82, 2.24) is 9.62 Å². The predicted molar refractivity (Wildman–Crippen MR) is 68.9 cm³/mol. The number of nitrogens with one attached hydrogen (secondary N) is 1. The van der Waals surface area contributed by atoms with Gasteiger partial charge in [-0.2, -0.15) is 0 Å². The van der Waals surface area contributed by atoms with Crippen LogP contribution in [0.1, 0.15) is 19.8 Å². The van der Waals surface area contributed by atoms with Crippen LogP contribution in [0.2, 0.25) is 0 Å². The second kappa shape index (κ2) is 4.71. The molecule has 19 heavy (non-hydrogen) atoms. The van der Waals surface area contributed by atoms with E-state index in [0.717, 1.165) is 12.8 Å². The van der Waals surface area contributed by atoms with E-state index in [-0.39, 0.29) is 29.1 Å². The van der Waals surface area contributed by atoms with Gasteiger partial charge in [-0.25, -0.2) is 13.1 Å². The van der Waals surface area contributed by atoms with E-state index in [2.05, 4.69) is 4.72 Å². The van der Waals surface area contributed by atoms with Gasteiger partial charge >= 0.3 is 0 Å². The summed E-state index contributed by atoms with van der Waals surface area (Å²) in [5.41, 5.74) is 0. The van der Waals surface area contributed by atoms with Crippen LogP contribution in [0.5, 0.6) is 0 Å². The molecular weight excluding hydrogens is 268 g/mol. The third-order valence-corrected chi connectivity index (χ3v) is 6.31. The molecule has 0 bridgehead atoms. The van der Waals surface area contributed by atoms with E-state index in [1.807, 2.05) is 0 Å². The van der Waals surface area contributed by atoms with Gasteiger partial charge < -0.3 is 9.64 Å². The Balaban J connectivity index is 1.56. The second-order valence-corrected chi connectivity index (χ2v) is 7.86. The Bertz CT molecular complexity index is 474. The van der Waals surface area contributed by atoms with Crippen LogP contribution in [0.3, 0.4) is 0 Å².